The van der Waals surface area contributed by atoms with Crippen LogP contribution in [0.4, 0.5) is 0 Å². The SMILES string of the molecule is CCNC(=NCc1csc(-c2ccccc2)n1)NCC(C)(O)CN1CCOCC1.I. The van der Waals surface area contributed by atoms with Crippen LogP contribution < -0.4 is 10.6 Å². The lowest BCUT2D eigenvalue weighted by molar-refractivity contribution is -0.0201. The van der Waals surface area contributed by atoms with E-state index in [1.807, 2.05) is 37.4 Å². The Labute approximate surface area is 200 Å². The van der Waals surface area contributed by atoms with Crippen molar-refractivity contribution in [3.63, 3.8) is 0 Å². The van der Waals surface area contributed by atoms with Gasteiger partial charge in [-0.1, -0.05) is 30.3 Å². The number of hydrogen-bond acceptors (Lipinski definition) is 6. The van der Waals surface area contributed by atoms with Gasteiger partial charge in [0.1, 0.15) is 5.01 Å². The smallest absolute Gasteiger partial charge is 0.191 e. The number of aliphatic hydroxyl groups is 1. The number of rotatable bonds is 8. The first-order chi connectivity index (χ1) is 14.1. The van der Waals surface area contributed by atoms with Gasteiger partial charge in [0.25, 0.3) is 0 Å². The fourth-order valence-electron chi connectivity index (χ4n) is 3.17. The summed E-state index contributed by atoms with van der Waals surface area (Å²) in [6, 6.07) is 10.2. The summed E-state index contributed by atoms with van der Waals surface area (Å²) >= 11 is 1.63. The number of aliphatic imine (C=N–C) groups is 1. The summed E-state index contributed by atoms with van der Waals surface area (Å²) in [6.45, 7) is 9.32. The number of nitrogens with zero attached hydrogens (tertiary/aromatic N) is 3. The molecule has 0 radical (unpaired) electrons. The lowest BCUT2D eigenvalue weighted by Crippen LogP contribution is -2.52. The second kappa shape index (κ2) is 12.6. The zero-order chi connectivity index (χ0) is 20.5. The lowest BCUT2D eigenvalue weighted by Gasteiger charge is -2.34. The summed E-state index contributed by atoms with van der Waals surface area (Å²) in [4.78, 5) is 11.6. The van der Waals surface area contributed by atoms with Crippen LogP contribution >= 0.6 is 35.3 Å². The van der Waals surface area contributed by atoms with E-state index in [0.717, 1.165) is 49.1 Å². The van der Waals surface area contributed by atoms with Gasteiger partial charge < -0.3 is 20.5 Å². The number of aromatic nitrogens is 1. The maximum atomic E-state index is 10.8. The van der Waals surface area contributed by atoms with Crippen LogP contribution in [0.1, 0.15) is 19.5 Å². The summed E-state index contributed by atoms with van der Waals surface area (Å²) in [5.41, 5.74) is 1.21. The van der Waals surface area contributed by atoms with Crippen LogP contribution in [0.15, 0.2) is 40.7 Å². The number of halogens is 1. The van der Waals surface area contributed by atoms with Crippen LogP contribution in [0.3, 0.4) is 0 Å². The van der Waals surface area contributed by atoms with Gasteiger partial charge in [-0.3, -0.25) is 4.90 Å². The molecule has 0 bridgehead atoms. The van der Waals surface area contributed by atoms with E-state index in [1.54, 1.807) is 11.3 Å². The molecule has 1 atom stereocenters. The Kier molecular flexibility index (Phi) is 10.5. The first-order valence-electron chi connectivity index (χ1n) is 10.1. The molecule has 0 amide bonds. The van der Waals surface area contributed by atoms with Crippen molar-refractivity contribution < 1.29 is 9.84 Å². The number of nitrogens with one attached hydrogen (secondary N) is 2. The van der Waals surface area contributed by atoms with Crippen LogP contribution in [-0.2, 0) is 11.3 Å². The normalized spacial score (nSPS) is 17.1. The minimum atomic E-state index is -0.853. The average molecular weight is 545 g/mol. The summed E-state index contributed by atoms with van der Waals surface area (Å²) in [5, 5.41) is 20.3. The average Bonchev–Trinajstić information content (AvgIpc) is 3.20. The molecule has 1 aliphatic rings. The van der Waals surface area contributed by atoms with Crippen LogP contribution in [0.2, 0.25) is 0 Å². The Bertz CT molecular complexity index is 779. The Morgan fingerprint density at radius 3 is 2.70 bits per heavy atom. The molecule has 0 aliphatic carbocycles. The van der Waals surface area contributed by atoms with Gasteiger partial charge in [-0.15, -0.1) is 35.3 Å². The van der Waals surface area contributed by atoms with Crippen molar-refractivity contribution in [1.29, 1.82) is 0 Å². The lowest BCUT2D eigenvalue weighted by atomic mass is 10.1. The van der Waals surface area contributed by atoms with E-state index in [1.165, 1.54) is 0 Å². The molecule has 9 heteroatoms. The molecule has 3 N–H and O–H groups in total. The maximum absolute atomic E-state index is 10.8. The number of β-amino-alcohol motifs (C(OH)–C–C–N with tert-alkyl or cyclic N) is 1. The third-order valence-electron chi connectivity index (χ3n) is 4.62. The molecule has 2 aromatic rings. The van der Waals surface area contributed by atoms with Crippen LogP contribution in [-0.4, -0.2) is 72.5 Å². The Balaban J connectivity index is 0.00000320. The highest BCUT2D eigenvalue weighted by Gasteiger charge is 2.25. The quantitative estimate of drug-likeness (QED) is 0.269. The minimum absolute atomic E-state index is 0. The highest BCUT2D eigenvalue weighted by molar-refractivity contribution is 14.0. The number of ether oxygens (including phenoxy) is 1. The van der Waals surface area contributed by atoms with Gasteiger partial charge in [0, 0.05) is 43.7 Å². The van der Waals surface area contributed by atoms with Crippen molar-refractivity contribution in [1.82, 2.24) is 20.5 Å². The van der Waals surface area contributed by atoms with Crippen molar-refractivity contribution in [2.75, 3.05) is 45.9 Å². The predicted molar refractivity (Wildman–Crippen MR) is 134 cm³/mol. The molecule has 1 aromatic heterocycles. The fraction of sp³-hybridized carbons (Fsp3) is 0.524. The Morgan fingerprint density at radius 1 is 1.27 bits per heavy atom. The standard InChI is InChI=1S/C21H31N5O2S.HI/c1-3-22-20(24-15-21(2,27)16-26-9-11-28-12-10-26)23-13-18-14-29-19(25-18)17-7-5-4-6-8-17;/h4-8,14,27H,3,9-13,15-16H2,1-2H3,(H2,22,23,24);1H. The molecular weight excluding hydrogens is 513 g/mol. The predicted octanol–water partition coefficient (Wildman–Crippen LogP) is 2.57. The van der Waals surface area contributed by atoms with Gasteiger partial charge in [0.15, 0.2) is 5.96 Å². The first-order valence-corrected chi connectivity index (χ1v) is 11.0. The third kappa shape index (κ3) is 8.10. The van der Waals surface area contributed by atoms with Crippen molar-refractivity contribution in [3.05, 3.63) is 41.4 Å². The molecule has 1 aliphatic heterocycles. The molecular formula is C21H32IN5O2S. The van der Waals surface area contributed by atoms with Crippen LogP contribution in [0, 0.1) is 0 Å². The van der Waals surface area contributed by atoms with Crippen molar-refractivity contribution in [3.8, 4) is 10.6 Å². The second-order valence-electron chi connectivity index (χ2n) is 7.44. The summed E-state index contributed by atoms with van der Waals surface area (Å²) in [5.74, 6) is 0.684. The third-order valence-corrected chi connectivity index (χ3v) is 5.56. The molecule has 166 valence electrons. The molecule has 1 unspecified atom stereocenters. The van der Waals surface area contributed by atoms with E-state index in [9.17, 15) is 5.11 Å². The minimum Gasteiger partial charge on any atom is -0.387 e. The van der Waals surface area contributed by atoms with Gasteiger partial charge >= 0.3 is 0 Å². The van der Waals surface area contributed by atoms with Gasteiger partial charge in [0.05, 0.1) is 31.1 Å². The van der Waals surface area contributed by atoms with Gasteiger partial charge in [0.2, 0.25) is 0 Å². The van der Waals surface area contributed by atoms with Crippen molar-refractivity contribution >= 4 is 41.3 Å². The van der Waals surface area contributed by atoms with Crippen molar-refractivity contribution in [2.45, 2.75) is 26.0 Å². The molecule has 0 spiro atoms. The monoisotopic (exact) mass is 545 g/mol. The number of hydrogen-bond donors (Lipinski definition) is 3. The van der Waals surface area contributed by atoms with Gasteiger partial charge in [-0.05, 0) is 13.8 Å². The van der Waals surface area contributed by atoms with Crippen LogP contribution in [0.25, 0.3) is 10.6 Å². The zero-order valence-electron chi connectivity index (χ0n) is 17.6. The number of guanidine groups is 1. The van der Waals surface area contributed by atoms with E-state index >= 15 is 0 Å². The van der Waals surface area contributed by atoms with Crippen molar-refractivity contribution in [2.24, 2.45) is 4.99 Å². The molecule has 1 aromatic carbocycles. The number of morpholine rings is 1. The number of thiazole rings is 1. The maximum Gasteiger partial charge on any atom is 0.191 e. The van der Waals surface area contributed by atoms with E-state index in [4.69, 9.17) is 4.74 Å². The largest absolute Gasteiger partial charge is 0.387 e. The highest BCUT2D eigenvalue weighted by atomic mass is 127. The first kappa shape index (κ1) is 25.0. The molecule has 2 heterocycles. The molecule has 7 nitrogen and oxygen atoms in total. The van der Waals surface area contributed by atoms with E-state index in [0.29, 0.717) is 25.6 Å². The fourth-order valence-corrected chi connectivity index (χ4v) is 3.98. The van der Waals surface area contributed by atoms with E-state index < -0.39 is 5.60 Å². The molecule has 1 saturated heterocycles. The topological polar surface area (TPSA) is 82.0 Å². The number of benzene rings is 1. The van der Waals surface area contributed by atoms with Crippen LogP contribution in [0.5, 0.6) is 0 Å². The van der Waals surface area contributed by atoms with Gasteiger partial charge in [-0.25, -0.2) is 9.98 Å². The zero-order valence-corrected chi connectivity index (χ0v) is 20.8. The van der Waals surface area contributed by atoms with E-state index in [2.05, 4.69) is 37.6 Å². The Hall–Kier alpha value is -1.27. The molecule has 30 heavy (non-hydrogen) atoms. The highest BCUT2D eigenvalue weighted by Crippen LogP contribution is 2.23. The molecule has 0 saturated carbocycles. The summed E-state index contributed by atoms with van der Waals surface area (Å²) in [6.07, 6.45) is 0. The van der Waals surface area contributed by atoms with Gasteiger partial charge in [-0.2, -0.15) is 0 Å². The summed E-state index contributed by atoms with van der Waals surface area (Å²) in [7, 11) is 0. The second-order valence-corrected chi connectivity index (χ2v) is 8.30. The van der Waals surface area contributed by atoms with E-state index in [-0.39, 0.29) is 24.0 Å². The summed E-state index contributed by atoms with van der Waals surface area (Å²) < 4.78 is 5.38. The Morgan fingerprint density at radius 2 is 2.00 bits per heavy atom. The molecule has 1 fully saturated rings. The molecule has 3 rings (SSSR count).